The lowest BCUT2D eigenvalue weighted by molar-refractivity contribution is 0.0800. The van der Waals surface area contributed by atoms with Gasteiger partial charge < -0.3 is 8.38 Å². The number of aryl methyl sites for hydroxylation is 1. The number of rotatable bonds is 5. The third-order valence-corrected chi connectivity index (χ3v) is 9.81. The number of carbonyl (C=O) groups excluding carboxylic acids is 2. The predicted molar refractivity (Wildman–Crippen MR) is 145 cm³/mol. The first-order chi connectivity index (χ1) is 16.9. The van der Waals surface area contributed by atoms with E-state index in [2.05, 4.69) is 17.4 Å². The highest BCUT2D eigenvalue weighted by Gasteiger charge is 2.30. The molecule has 1 saturated heterocycles. The fraction of sp³-hybridized carbons (Fsp3) is 0.280. The van der Waals surface area contributed by atoms with E-state index < -0.39 is 16.0 Å². The first kappa shape index (κ1) is 24.3. The van der Waals surface area contributed by atoms with Gasteiger partial charge in [-0.3, -0.25) is 9.10 Å². The number of thiophene rings is 1. The molecule has 1 aliphatic carbocycles. The minimum atomic E-state index is -3.28. The average molecular weight is 623 g/mol. The molecule has 10 heteroatoms. The Morgan fingerprint density at radius 2 is 1.83 bits per heavy atom. The van der Waals surface area contributed by atoms with E-state index in [1.807, 2.05) is 17.5 Å². The molecule has 0 radical (unpaired) electrons. The molecular formula is C25H23IN2O5S2. The summed E-state index contributed by atoms with van der Waals surface area (Å²) in [7, 11) is -3.28. The van der Waals surface area contributed by atoms with Crippen LogP contribution in [-0.2, 0) is 25.9 Å². The van der Waals surface area contributed by atoms with Gasteiger partial charge in [0, 0.05) is 12.1 Å². The molecule has 35 heavy (non-hydrogen) atoms. The highest BCUT2D eigenvalue weighted by molar-refractivity contribution is 14.1. The Kier molecular flexibility index (Phi) is 6.86. The predicted octanol–water partition coefficient (Wildman–Crippen LogP) is 5.32. The number of fused-ring (bicyclic) bond motifs is 1. The number of benzene rings is 2. The molecule has 7 nitrogen and oxygen atoms in total. The average Bonchev–Trinajstić information content (AvgIpc) is 3.45. The van der Waals surface area contributed by atoms with E-state index in [1.165, 1.54) is 26.8 Å². The summed E-state index contributed by atoms with van der Waals surface area (Å²) in [6.07, 6.45) is 3.29. The van der Waals surface area contributed by atoms with Crippen LogP contribution < -0.4 is 9.62 Å². The van der Waals surface area contributed by atoms with Crippen LogP contribution in [0, 0.1) is 0 Å². The van der Waals surface area contributed by atoms with Crippen molar-refractivity contribution in [3.05, 3.63) is 81.7 Å². The Morgan fingerprint density at radius 1 is 1.09 bits per heavy atom. The molecule has 2 aromatic carbocycles. The summed E-state index contributed by atoms with van der Waals surface area (Å²) in [5, 5.41) is 5.27. The number of nitrogens with zero attached hydrogens (tertiary/aromatic N) is 1. The van der Waals surface area contributed by atoms with Gasteiger partial charge in [-0.15, -0.1) is 11.3 Å². The van der Waals surface area contributed by atoms with Gasteiger partial charge in [0.15, 0.2) is 23.0 Å². The maximum Gasteiger partial charge on any atom is 0.350 e. The number of hydrogen-bond acceptors (Lipinski definition) is 6. The standard InChI is InChI=1S/C25H23IN2O5S2/c26-33-25(30)22-21(19-7-6-16-4-1-2-5-18(16)14-19)15-34-24(22)27-23(29)17-8-10-20(11-9-17)28-12-3-13-35(28,31)32/h1-2,4-5,8-11,15,19H,3,6-7,12-14H2,(H,27,29). The molecule has 2 heterocycles. The Bertz CT molecular complexity index is 1390. The van der Waals surface area contributed by atoms with E-state index >= 15 is 0 Å². The minimum absolute atomic E-state index is 0.137. The number of carbonyl (C=O) groups is 2. The number of nitrogens with one attached hydrogen (secondary N) is 1. The summed E-state index contributed by atoms with van der Waals surface area (Å²) in [4.78, 5) is 25.7. The molecular weight excluding hydrogens is 599 g/mol. The molecule has 0 bridgehead atoms. The zero-order chi connectivity index (χ0) is 24.6. The second-order valence-electron chi connectivity index (χ2n) is 8.71. The van der Waals surface area contributed by atoms with Crippen molar-refractivity contribution in [2.75, 3.05) is 21.9 Å². The van der Waals surface area contributed by atoms with Crippen LogP contribution in [0.1, 0.15) is 56.2 Å². The van der Waals surface area contributed by atoms with Crippen molar-refractivity contribution < 1.29 is 21.1 Å². The molecule has 1 aromatic heterocycles. The maximum atomic E-state index is 13.0. The fourth-order valence-electron chi connectivity index (χ4n) is 4.86. The van der Waals surface area contributed by atoms with E-state index in [1.54, 1.807) is 47.3 Å². The summed E-state index contributed by atoms with van der Waals surface area (Å²) in [6.45, 7) is 0.444. The lowest BCUT2D eigenvalue weighted by Crippen LogP contribution is -2.25. The zero-order valence-corrected chi connectivity index (χ0v) is 22.5. The number of halogens is 1. The van der Waals surface area contributed by atoms with Crippen molar-refractivity contribution in [3.63, 3.8) is 0 Å². The van der Waals surface area contributed by atoms with Gasteiger partial charge in [0.25, 0.3) is 5.91 Å². The summed E-state index contributed by atoms with van der Waals surface area (Å²) in [5.41, 5.74) is 4.85. The Labute approximate surface area is 222 Å². The van der Waals surface area contributed by atoms with E-state index in [9.17, 15) is 18.0 Å². The lowest BCUT2D eigenvalue weighted by atomic mass is 9.80. The molecule has 182 valence electrons. The first-order valence-corrected chi connectivity index (χ1v) is 14.7. The molecule has 1 amide bonds. The fourth-order valence-corrected chi connectivity index (χ4v) is 7.67. The van der Waals surface area contributed by atoms with Crippen molar-refractivity contribution in [1.29, 1.82) is 0 Å². The Balaban J connectivity index is 1.37. The van der Waals surface area contributed by atoms with Crippen molar-refractivity contribution in [2.45, 2.75) is 31.6 Å². The molecule has 0 saturated carbocycles. The largest absolute Gasteiger partial charge is 0.391 e. The van der Waals surface area contributed by atoms with Crippen molar-refractivity contribution in [2.24, 2.45) is 0 Å². The van der Waals surface area contributed by atoms with Gasteiger partial charge in [0.2, 0.25) is 10.0 Å². The molecule has 2 aliphatic rings. The van der Waals surface area contributed by atoms with Gasteiger partial charge in [-0.25, -0.2) is 13.2 Å². The quantitative estimate of drug-likeness (QED) is 0.389. The smallest absolute Gasteiger partial charge is 0.350 e. The minimum Gasteiger partial charge on any atom is -0.391 e. The van der Waals surface area contributed by atoms with Crippen LogP contribution in [0.4, 0.5) is 10.7 Å². The van der Waals surface area contributed by atoms with Gasteiger partial charge in [0.05, 0.1) is 17.0 Å². The van der Waals surface area contributed by atoms with E-state index in [4.69, 9.17) is 3.07 Å². The third kappa shape index (κ3) is 4.83. The molecule has 1 N–H and O–H groups in total. The number of amides is 1. The van der Waals surface area contributed by atoms with Crippen molar-refractivity contribution >= 4 is 66.9 Å². The number of sulfonamides is 1. The van der Waals surface area contributed by atoms with Crippen LogP contribution in [0.3, 0.4) is 0 Å². The highest BCUT2D eigenvalue weighted by Crippen LogP contribution is 2.40. The summed E-state index contributed by atoms with van der Waals surface area (Å²) < 4.78 is 30.7. The molecule has 3 aromatic rings. The maximum absolute atomic E-state index is 13.0. The molecule has 0 spiro atoms. The number of hydrogen-bond donors (Lipinski definition) is 1. The van der Waals surface area contributed by atoms with E-state index in [-0.39, 0.29) is 17.6 Å². The van der Waals surface area contributed by atoms with Gasteiger partial charge in [-0.1, -0.05) is 24.3 Å². The molecule has 1 fully saturated rings. The van der Waals surface area contributed by atoms with Crippen LogP contribution in [0.5, 0.6) is 0 Å². The van der Waals surface area contributed by atoms with Gasteiger partial charge in [-0.05, 0) is 77.9 Å². The van der Waals surface area contributed by atoms with Crippen LogP contribution in [0.2, 0.25) is 0 Å². The summed E-state index contributed by atoms with van der Waals surface area (Å²) >= 11 is 2.89. The highest BCUT2D eigenvalue weighted by atomic mass is 127. The molecule has 1 atom stereocenters. The van der Waals surface area contributed by atoms with E-state index in [0.29, 0.717) is 34.8 Å². The van der Waals surface area contributed by atoms with Crippen LogP contribution in [-0.4, -0.2) is 32.6 Å². The monoisotopic (exact) mass is 622 g/mol. The molecule has 1 aliphatic heterocycles. The van der Waals surface area contributed by atoms with E-state index in [0.717, 1.165) is 24.8 Å². The molecule has 5 rings (SSSR count). The van der Waals surface area contributed by atoms with Crippen LogP contribution >= 0.6 is 34.3 Å². The second kappa shape index (κ2) is 9.90. The SMILES string of the molecule is O=C(Nc1scc(C2CCc3ccccc3C2)c1C(=O)OI)c1ccc(N2CCCS2(=O)=O)cc1. The summed E-state index contributed by atoms with van der Waals surface area (Å²) in [5.74, 6) is -0.548. The summed E-state index contributed by atoms with van der Waals surface area (Å²) in [6, 6.07) is 14.8. The zero-order valence-electron chi connectivity index (χ0n) is 18.7. The number of anilines is 2. The van der Waals surface area contributed by atoms with Gasteiger partial charge in [0.1, 0.15) is 5.00 Å². The van der Waals surface area contributed by atoms with Gasteiger partial charge >= 0.3 is 5.97 Å². The van der Waals surface area contributed by atoms with Gasteiger partial charge in [-0.2, -0.15) is 0 Å². The van der Waals surface area contributed by atoms with Crippen molar-refractivity contribution in [1.82, 2.24) is 0 Å². The topological polar surface area (TPSA) is 92.8 Å². The second-order valence-corrected chi connectivity index (χ2v) is 12.0. The lowest BCUT2D eigenvalue weighted by Gasteiger charge is -2.25. The van der Waals surface area contributed by atoms with Crippen LogP contribution in [0.25, 0.3) is 0 Å². The molecule has 1 unspecified atom stereocenters. The Morgan fingerprint density at radius 3 is 2.51 bits per heavy atom. The normalized spacial score (nSPS) is 18.7. The third-order valence-electron chi connectivity index (χ3n) is 6.62. The first-order valence-electron chi connectivity index (χ1n) is 11.3. The van der Waals surface area contributed by atoms with Crippen LogP contribution in [0.15, 0.2) is 53.9 Å². The van der Waals surface area contributed by atoms with Crippen molar-refractivity contribution in [3.8, 4) is 0 Å². The Hall–Kier alpha value is -2.44.